The van der Waals surface area contributed by atoms with Gasteiger partial charge in [-0.1, -0.05) is 12.0 Å². The van der Waals surface area contributed by atoms with E-state index in [0.717, 1.165) is 19.4 Å². The monoisotopic (exact) mass is 577 g/mol. The summed E-state index contributed by atoms with van der Waals surface area (Å²) in [7, 11) is 3.17. The first kappa shape index (κ1) is 27.8. The summed E-state index contributed by atoms with van der Waals surface area (Å²) >= 11 is 0. The molecule has 2 atom stereocenters. The van der Waals surface area contributed by atoms with Crippen LogP contribution in [0.25, 0.3) is 32.9 Å². The molecule has 42 heavy (non-hydrogen) atoms. The number of anilines is 1. The number of ether oxygens (including phenoxy) is 2. The van der Waals surface area contributed by atoms with Crippen molar-refractivity contribution in [2.24, 2.45) is 0 Å². The van der Waals surface area contributed by atoms with Gasteiger partial charge in [-0.2, -0.15) is 9.97 Å². The third-order valence-corrected chi connectivity index (χ3v) is 8.42. The Kier molecular flexibility index (Phi) is 6.97. The van der Waals surface area contributed by atoms with Crippen LogP contribution in [-0.4, -0.2) is 77.1 Å². The van der Waals surface area contributed by atoms with Gasteiger partial charge in [-0.3, -0.25) is 4.90 Å². The van der Waals surface area contributed by atoms with E-state index >= 15 is 4.39 Å². The number of phenolic OH excluding ortho intramolecular Hbond substituents is 1. The highest BCUT2D eigenvalue weighted by atomic mass is 19.1. The first-order chi connectivity index (χ1) is 20.2. The normalized spacial score (nSPS) is 20.2. The number of pyridine rings is 1. The number of alkyl halides is 1. The Hall–Kier alpha value is -4.30. The van der Waals surface area contributed by atoms with Gasteiger partial charge in [0.2, 0.25) is 5.88 Å². The summed E-state index contributed by atoms with van der Waals surface area (Å²) in [4.78, 5) is 17.4. The minimum Gasteiger partial charge on any atom is -0.508 e. The number of phenols is 1. The van der Waals surface area contributed by atoms with Crippen LogP contribution in [0, 0.1) is 24.0 Å². The Morgan fingerprint density at radius 3 is 2.76 bits per heavy atom. The number of aromatic hydroxyl groups is 1. The summed E-state index contributed by atoms with van der Waals surface area (Å²) in [6, 6.07) is 5.25. The van der Waals surface area contributed by atoms with Gasteiger partial charge in [-0.05, 0) is 49.9 Å². The Morgan fingerprint density at radius 2 is 2.02 bits per heavy atom. The second-order valence-electron chi connectivity index (χ2n) is 10.9. The molecule has 0 amide bonds. The molecule has 4 aromatic rings. The molecule has 0 unspecified atom stereocenters. The van der Waals surface area contributed by atoms with Crippen molar-refractivity contribution >= 4 is 27.5 Å². The average molecular weight is 578 g/mol. The number of halogens is 3. The van der Waals surface area contributed by atoms with Crippen molar-refractivity contribution < 1.29 is 27.8 Å². The quantitative estimate of drug-likeness (QED) is 0.299. The maximum Gasteiger partial charge on any atom is 0.319 e. The minimum absolute atomic E-state index is 0.0232. The van der Waals surface area contributed by atoms with Crippen LogP contribution in [0.5, 0.6) is 17.6 Å². The first-order valence-electron chi connectivity index (χ1n) is 13.8. The van der Waals surface area contributed by atoms with Gasteiger partial charge in [0.05, 0.1) is 18.2 Å². The number of fused-ring (bicyclic) bond motifs is 3. The summed E-state index contributed by atoms with van der Waals surface area (Å²) in [5.74, 6) is 0.984. The molecule has 2 fully saturated rings. The van der Waals surface area contributed by atoms with Gasteiger partial charge < -0.3 is 19.5 Å². The first-order valence-corrected chi connectivity index (χ1v) is 13.8. The molecule has 6 rings (SSSR count). The maximum atomic E-state index is 16.6. The lowest BCUT2D eigenvalue weighted by Crippen LogP contribution is -2.43. The predicted molar refractivity (Wildman–Crippen MR) is 154 cm³/mol. The van der Waals surface area contributed by atoms with E-state index in [9.17, 15) is 13.9 Å². The standard InChI is InChI=1S/C31H30F3N5O3/c1-5-20-22(33)9-8-17-12-19(40)13-21(23(17)20)26-25(34)27-24(29(35-26)41-4)28(38(3)6-2)37-30(36-27)42-16-31-10-7-11-39(31)15-18(32)14-31/h1,8-9,12-13,18,40H,6-7,10-11,14-16H2,2-4H3/t18-,31+/m1/s1. The number of terminal acetylenes is 1. The highest BCUT2D eigenvalue weighted by molar-refractivity contribution is 6.04. The van der Waals surface area contributed by atoms with Gasteiger partial charge in [0.15, 0.2) is 5.82 Å². The van der Waals surface area contributed by atoms with Gasteiger partial charge in [0.25, 0.3) is 0 Å². The van der Waals surface area contributed by atoms with Crippen LogP contribution in [0.3, 0.4) is 0 Å². The molecule has 0 bridgehead atoms. The number of methoxy groups -OCH3 is 1. The van der Waals surface area contributed by atoms with Crippen LogP contribution >= 0.6 is 0 Å². The number of benzene rings is 2. The third kappa shape index (κ3) is 4.41. The summed E-state index contributed by atoms with van der Waals surface area (Å²) in [6.07, 6.45) is 6.80. The molecule has 2 aliphatic rings. The second kappa shape index (κ2) is 10.5. The van der Waals surface area contributed by atoms with Crippen LogP contribution in [0.4, 0.5) is 19.0 Å². The van der Waals surface area contributed by atoms with Crippen molar-refractivity contribution in [3.05, 3.63) is 41.5 Å². The van der Waals surface area contributed by atoms with Crippen molar-refractivity contribution in [1.82, 2.24) is 19.9 Å². The van der Waals surface area contributed by atoms with Gasteiger partial charge in [-0.25, -0.2) is 18.2 Å². The topological polar surface area (TPSA) is 83.8 Å². The molecular weight excluding hydrogens is 547 g/mol. The molecule has 0 saturated carbocycles. The Morgan fingerprint density at radius 1 is 1.21 bits per heavy atom. The van der Waals surface area contributed by atoms with Crippen LogP contribution in [0.1, 0.15) is 31.7 Å². The number of nitrogens with zero attached hydrogens (tertiary/aromatic N) is 5. The van der Waals surface area contributed by atoms with E-state index < -0.39 is 23.3 Å². The molecule has 0 spiro atoms. The van der Waals surface area contributed by atoms with Crippen molar-refractivity contribution in [1.29, 1.82) is 0 Å². The zero-order chi connectivity index (χ0) is 29.8. The SMILES string of the molecule is C#Cc1c(F)ccc2cc(O)cc(-c3nc(OC)c4c(N(C)CC)nc(OC[C@@]56CCCN5C[C@H](F)C6)nc4c3F)c12. The van der Waals surface area contributed by atoms with Crippen molar-refractivity contribution in [2.45, 2.75) is 37.9 Å². The second-order valence-corrected chi connectivity index (χ2v) is 10.9. The zero-order valence-corrected chi connectivity index (χ0v) is 23.5. The number of aromatic nitrogens is 3. The molecule has 1 N–H and O–H groups in total. The maximum absolute atomic E-state index is 16.6. The van der Waals surface area contributed by atoms with Gasteiger partial charge in [0, 0.05) is 37.5 Å². The van der Waals surface area contributed by atoms with E-state index in [1.807, 2.05) is 6.92 Å². The Labute approximate surface area is 241 Å². The van der Waals surface area contributed by atoms with Crippen molar-refractivity contribution in [3.63, 3.8) is 0 Å². The molecule has 2 aromatic heterocycles. The fourth-order valence-corrected chi connectivity index (χ4v) is 6.32. The largest absolute Gasteiger partial charge is 0.508 e. The Bertz CT molecular complexity index is 1760. The molecule has 4 heterocycles. The highest BCUT2D eigenvalue weighted by Gasteiger charge is 2.49. The number of hydrogen-bond donors (Lipinski definition) is 1. The molecule has 2 aromatic carbocycles. The minimum atomic E-state index is -0.932. The van der Waals surface area contributed by atoms with Crippen LogP contribution in [0.2, 0.25) is 0 Å². The van der Waals surface area contributed by atoms with Gasteiger partial charge in [0.1, 0.15) is 46.8 Å². The smallest absolute Gasteiger partial charge is 0.319 e. The third-order valence-electron chi connectivity index (χ3n) is 8.42. The zero-order valence-electron chi connectivity index (χ0n) is 23.5. The van der Waals surface area contributed by atoms with Crippen molar-refractivity contribution in [3.8, 4) is 41.2 Å². The highest BCUT2D eigenvalue weighted by Crippen LogP contribution is 2.43. The molecule has 8 nitrogen and oxygen atoms in total. The lowest BCUT2D eigenvalue weighted by molar-refractivity contribution is 0.107. The summed E-state index contributed by atoms with van der Waals surface area (Å²) < 4.78 is 57.4. The summed E-state index contributed by atoms with van der Waals surface area (Å²) in [5, 5.41) is 11.3. The van der Waals surface area contributed by atoms with E-state index in [1.54, 1.807) is 11.9 Å². The molecule has 218 valence electrons. The van der Waals surface area contributed by atoms with Crippen LogP contribution in [-0.2, 0) is 0 Å². The summed E-state index contributed by atoms with van der Waals surface area (Å²) in [6.45, 7) is 3.74. The molecule has 11 heteroatoms. The van der Waals surface area contributed by atoms with E-state index in [1.165, 1.54) is 31.4 Å². The molecular formula is C31H30F3N5O3. The molecule has 2 aliphatic heterocycles. The van der Waals surface area contributed by atoms with E-state index in [-0.39, 0.29) is 57.4 Å². The van der Waals surface area contributed by atoms with E-state index in [0.29, 0.717) is 30.7 Å². The number of rotatable bonds is 7. The average Bonchev–Trinajstić information content (AvgIpc) is 3.51. The summed E-state index contributed by atoms with van der Waals surface area (Å²) in [5.41, 5.74) is -0.854. The van der Waals surface area contributed by atoms with Crippen LogP contribution < -0.4 is 14.4 Å². The predicted octanol–water partition coefficient (Wildman–Crippen LogP) is 5.23. The molecule has 0 radical (unpaired) electrons. The molecule has 0 aliphatic carbocycles. The van der Waals surface area contributed by atoms with Gasteiger partial charge in [-0.15, -0.1) is 6.42 Å². The fourth-order valence-electron chi connectivity index (χ4n) is 6.32. The van der Waals surface area contributed by atoms with Crippen LogP contribution in [0.15, 0.2) is 24.3 Å². The fraction of sp³-hybridized carbons (Fsp3) is 0.387. The van der Waals surface area contributed by atoms with Crippen molar-refractivity contribution in [2.75, 3.05) is 45.3 Å². The lowest BCUT2D eigenvalue weighted by Gasteiger charge is -2.31. The van der Waals surface area contributed by atoms with Gasteiger partial charge >= 0.3 is 6.01 Å². The number of hydrogen-bond acceptors (Lipinski definition) is 8. The lowest BCUT2D eigenvalue weighted by atomic mass is 9.95. The Balaban J connectivity index is 1.56. The molecule has 2 saturated heterocycles. The van der Waals surface area contributed by atoms with E-state index in [2.05, 4.69) is 25.8 Å². The van der Waals surface area contributed by atoms with E-state index in [4.69, 9.17) is 15.9 Å².